The largest absolute Gasteiger partial charge is 0.354 e. The van der Waals surface area contributed by atoms with Gasteiger partial charge in [-0.1, -0.05) is 35.5 Å². The molecule has 6 nitrogen and oxygen atoms in total. The van der Waals surface area contributed by atoms with Gasteiger partial charge in [-0.05, 0) is 18.9 Å². The van der Waals surface area contributed by atoms with Crippen LogP contribution in [0.15, 0.2) is 34.9 Å². The van der Waals surface area contributed by atoms with Gasteiger partial charge in [-0.2, -0.15) is 4.98 Å². The van der Waals surface area contributed by atoms with Crippen molar-refractivity contribution in [3.63, 3.8) is 0 Å². The van der Waals surface area contributed by atoms with E-state index in [4.69, 9.17) is 10.3 Å². The van der Waals surface area contributed by atoms with E-state index < -0.39 is 6.04 Å². The number of hydrogen-bond acceptors (Lipinski definition) is 5. The Hall–Kier alpha value is -1.92. The Bertz CT molecular complexity index is 559. The molecule has 0 aliphatic carbocycles. The van der Waals surface area contributed by atoms with Gasteiger partial charge in [-0.3, -0.25) is 4.79 Å². The third kappa shape index (κ3) is 5.53. The van der Waals surface area contributed by atoms with Crippen LogP contribution in [0.25, 0.3) is 0 Å². The summed E-state index contributed by atoms with van der Waals surface area (Å²) in [6.07, 6.45) is 1.02. The molecule has 21 heavy (non-hydrogen) atoms. The molecule has 0 radical (unpaired) electrons. The maximum Gasteiger partial charge on any atom is 0.237 e. The van der Waals surface area contributed by atoms with Crippen molar-refractivity contribution in [2.45, 2.75) is 25.8 Å². The predicted octanol–water partition coefficient (Wildman–Crippen LogP) is 1.03. The number of hydrogen-bond donors (Lipinski definition) is 2. The topological polar surface area (TPSA) is 94.0 Å². The van der Waals surface area contributed by atoms with E-state index in [1.54, 1.807) is 6.92 Å². The van der Waals surface area contributed by atoms with Gasteiger partial charge in [0.15, 0.2) is 5.82 Å². The predicted molar refractivity (Wildman–Crippen MR) is 81.1 cm³/mol. The molecule has 0 saturated carbocycles. The summed E-state index contributed by atoms with van der Waals surface area (Å²) in [6.45, 7) is 2.18. The summed E-state index contributed by atoms with van der Waals surface area (Å²) in [5.74, 6) is 0.927. The van der Waals surface area contributed by atoms with Crippen LogP contribution in [-0.4, -0.2) is 28.6 Å². The zero-order chi connectivity index (χ0) is 14.4. The average molecular weight is 311 g/mol. The van der Waals surface area contributed by atoms with Crippen molar-refractivity contribution in [3.8, 4) is 0 Å². The minimum atomic E-state index is -0.554. The third-order valence-corrected chi connectivity index (χ3v) is 2.84. The van der Waals surface area contributed by atoms with Crippen molar-refractivity contribution in [2.75, 3.05) is 6.54 Å². The summed E-state index contributed by atoms with van der Waals surface area (Å²) in [4.78, 5) is 15.9. The van der Waals surface area contributed by atoms with Crippen molar-refractivity contribution >= 4 is 18.3 Å². The van der Waals surface area contributed by atoms with Crippen LogP contribution in [0.5, 0.6) is 0 Å². The number of rotatable bonds is 6. The summed E-state index contributed by atoms with van der Waals surface area (Å²) >= 11 is 0. The highest BCUT2D eigenvalue weighted by atomic mass is 35.5. The number of nitrogens with two attached hydrogens (primary N) is 1. The van der Waals surface area contributed by atoms with Crippen LogP contribution in [0.1, 0.15) is 17.3 Å². The lowest BCUT2D eigenvalue weighted by atomic mass is 10.1. The molecule has 114 valence electrons. The van der Waals surface area contributed by atoms with Gasteiger partial charge in [0.05, 0.1) is 6.04 Å². The maximum absolute atomic E-state index is 11.8. The van der Waals surface area contributed by atoms with Gasteiger partial charge >= 0.3 is 0 Å². The van der Waals surface area contributed by atoms with Crippen molar-refractivity contribution in [2.24, 2.45) is 5.73 Å². The molecule has 0 aliphatic rings. The second kappa shape index (κ2) is 8.39. The molecule has 2 aromatic rings. The number of carbonyl (C=O) groups is 1. The molecule has 1 aromatic carbocycles. The zero-order valence-corrected chi connectivity index (χ0v) is 12.6. The molecule has 0 fully saturated rings. The van der Waals surface area contributed by atoms with Crippen LogP contribution < -0.4 is 11.1 Å². The van der Waals surface area contributed by atoms with Crippen LogP contribution in [0.3, 0.4) is 0 Å². The van der Waals surface area contributed by atoms with Gasteiger partial charge in [0, 0.05) is 13.0 Å². The Labute approximate surface area is 129 Å². The Morgan fingerprint density at radius 1 is 1.38 bits per heavy atom. The average Bonchev–Trinajstić information content (AvgIpc) is 2.85. The molecular formula is C14H19ClN4O2. The fourth-order valence-electron chi connectivity index (χ4n) is 1.83. The minimum Gasteiger partial charge on any atom is -0.354 e. The fraction of sp³-hybridized carbons (Fsp3) is 0.357. The molecule has 0 spiro atoms. The van der Waals surface area contributed by atoms with E-state index in [0.717, 1.165) is 5.56 Å². The van der Waals surface area contributed by atoms with E-state index in [2.05, 4.69) is 15.5 Å². The number of benzene rings is 1. The zero-order valence-electron chi connectivity index (χ0n) is 11.8. The van der Waals surface area contributed by atoms with Crippen molar-refractivity contribution in [1.82, 2.24) is 15.5 Å². The maximum atomic E-state index is 11.8. The Kier molecular flexibility index (Phi) is 6.84. The molecule has 7 heteroatoms. The first-order valence-corrected chi connectivity index (χ1v) is 6.51. The number of carbonyl (C=O) groups excluding carboxylic acids is 1. The normalized spacial score (nSPS) is 11.5. The first kappa shape index (κ1) is 17.1. The third-order valence-electron chi connectivity index (χ3n) is 2.84. The van der Waals surface area contributed by atoms with Crippen LogP contribution in [0, 0.1) is 6.92 Å². The Morgan fingerprint density at radius 2 is 2.10 bits per heavy atom. The summed E-state index contributed by atoms with van der Waals surface area (Å²) in [7, 11) is 0. The monoisotopic (exact) mass is 310 g/mol. The number of aromatic nitrogens is 2. The molecule has 1 aromatic heterocycles. The molecule has 1 amide bonds. The highest BCUT2D eigenvalue weighted by Crippen LogP contribution is 2.02. The van der Waals surface area contributed by atoms with E-state index >= 15 is 0 Å². The molecule has 0 saturated heterocycles. The summed E-state index contributed by atoms with van der Waals surface area (Å²) < 4.78 is 4.96. The first-order chi connectivity index (χ1) is 9.65. The highest BCUT2D eigenvalue weighted by molar-refractivity contribution is 5.85. The van der Waals surface area contributed by atoms with Crippen LogP contribution in [-0.2, 0) is 17.6 Å². The van der Waals surface area contributed by atoms with Crippen molar-refractivity contribution < 1.29 is 9.32 Å². The van der Waals surface area contributed by atoms with Crippen molar-refractivity contribution in [3.05, 3.63) is 47.6 Å². The molecule has 0 aliphatic heterocycles. The fourth-order valence-corrected chi connectivity index (χ4v) is 1.83. The van der Waals surface area contributed by atoms with E-state index in [0.29, 0.717) is 31.1 Å². The highest BCUT2D eigenvalue weighted by Gasteiger charge is 2.13. The van der Waals surface area contributed by atoms with Crippen LogP contribution in [0.4, 0.5) is 0 Å². The van der Waals surface area contributed by atoms with Crippen LogP contribution in [0.2, 0.25) is 0 Å². The summed E-state index contributed by atoms with van der Waals surface area (Å²) in [6, 6.07) is 9.14. The molecule has 0 bridgehead atoms. The number of nitrogens with zero attached hydrogens (tertiary/aromatic N) is 2. The van der Waals surface area contributed by atoms with Gasteiger partial charge < -0.3 is 15.6 Å². The quantitative estimate of drug-likeness (QED) is 0.831. The first-order valence-electron chi connectivity index (χ1n) is 6.51. The number of aryl methyl sites for hydroxylation is 1. The van der Waals surface area contributed by atoms with Gasteiger partial charge in [0.2, 0.25) is 11.8 Å². The lowest BCUT2D eigenvalue weighted by Gasteiger charge is -2.11. The second-order valence-corrected chi connectivity index (χ2v) is 4.57. The minimum absolute atomic E-state index is 0. The molecule has 2 rings (SSSR count). The Balaban J connectivity index is 0.00000220. The number of amides is 1. The summed E-state index contributed by atoms with van der Waals surface area (Å²) in [5.41, 5.74) is 6.91. The Morgan fingerprint density at radius 3 is 2.71 bits per heavy atom. The lowest BCUT2D eigenvalue weighted by molar-refractivity contribution is -0.122. The van der Waals surface area contributed by atoms with Gasteiger partial charge in [0.1, 0.15) is 0 Å². The molecular weight excluding hydrogens is 292 g/mol. The molecule has 3 N–H and O–H groups in total. The van der Waals surface area contributed by atoms with E-state index in [9.17, 15) is 4.79 Å². The number of nitrogens with one attached hydrogen (secondary N) is 1. The van der Waals surface area contributed by atoms with E-state index in [1.165, 1.54) is 0 Å². The smallest absolute Gasteiger partial charge is 0.237 e. The lowest BCUT2D eigenvalue weighted by Crippen LogP contribution is -2.42. The molecule has 1 heterocycles. The SMILES string of the molecule is Cc1noc(CCNC(=O)[C@@H](N)Cc2ccccc2)n1.Cl. The molecule has 1 atom stereocenters. The van der Waals surface area contributed by atoms with Crippen molar-refractivity contribution in [1.29, 1.82) is 0 Å². The second-order valence-electron chi connectivity index (χ2n) is 4.57. The standard InChI is InChI=1S/C14H18N4O2.ClH/c1-10-17-13(20-18-10)7-8-16-14(19)12(15)9-11-5-3-2-4-6-11;/h2-6,12H,7-9,15H2,1H3,(H,16,19);1H/t12-;/m0./s1. The number of halogens is 1. The van der Waals surface area contributed by atoms with E-state index in [-0.39, 0.29) is 18.3 Å². The van der Waals surface area contributed by atoms with Gasteiger partial charge in [0.25, 0.3) is 0 Å². The van der Waals surface area contributed by atoms with Gasteiger partial charge in [-0.15, -0.1) is 12.4 Å². The molecule has 0 unspecified atom stereocenters. The van der Waals surface area contributed by atoms with Crippen LogP contribution >= 0.6 is 12.4 Å². The van der Waals surface area contributed by atoms with Gasteiger partial charge in [-0.25, -0.2) is 0 Å². The summed E-state index contributed by atoms with van der Waals surface area (Å²) in [5, 5.41) is 6.45. The van der Waals surface area contributed by atoms with E-state index in [1.807, 2.05) is 30.3 Å².